The van der Waals surface area contributed by atoms with E-state index in [2.05, 4.69) is 6.92 Å². The summed E-state index contributed by atoms with van der Waals surface area (Å²) in [5, 5.41) is 0.779. The topological polar surface area (TPSA) is 35.2 Å². The Hall–Kier alpha value is -0.440. The SMILES string of the molecule is CCOc1cc(C)c(Cl)cc1CC(N)CC.Cl. The van der Waals surface area contributed by atoms with Crippen molar-refractivity contribution in [1.82, 2.24) is 0 Å². The van der Waals surface area contributed by atoms with E-state index in [9.17, 15) is 0 Å². The van der Waals surface area contributed by atoms with Gasteiger partial charge in [-0.05, 0) is 49.9 Å². The van der Waals surface area contributed by atoms with Crippen molar-refractivity contribution in [2.75, 3.05) is 6.61 Å². The molecule has 0 aliphatic carbocycles. The van der Waals surface area contributed by atoms with Gasteiger partial charge in [-0.15, -0.1) is 12.4 Å². The Labute approximate surface area is 115 Å². The summed E-state index contributed by atoms with van der Waals surface area (Å²) in [7, 11) is 0. The molecule has 4 heteroatoms. The van der Waals surface area contributed by atoms with Gasteiger partial charge in [0.2, 0.25) is 0 Å². The second-order valence-electron chi connectivity index (χ2n) is 4.01. The molecule has 0 fully saturated rings. The van der Waals surface area contributed by atoms with Crippen LogP contribution in [0.3, 0.4) is 0 Å². The number of hydrogen-bond acceptors (Lipinski definition) is 2. The fourth-order valence-corrected chi connectivity index (χ4v) is 1.76. The first-order valence-electron chi connectivity index (χ1n) is 5.75. The van der Waals surface area contributed by atoms with Gasteiger partial charge in [-0.2, -0.15) is 0 Å². The third-order valence-electron chi connectivity index (χ3n) is 2.65. The van der Waals surface area contributed by atoms with E-state index in [1.54, 1.807) is 0 Å². The van der Waals surface area contributed by atoms with Crippen LogP contribution < -0.4 is 10.5 Å². The van der Waals surface area contributed by atoms with Gasteiger partial charge in [-0.1, -0.05) is 18.5 Å². The van der Waals surface area contributed by atoms with Crippen LogP contribution in [0.4, 0.5) is 0 Å². The molecule has 2 nitrogen and oxygen atoms in total. The Kier molecular flexibility index (Phi) is 7.60. The van der Waals surface area contributed by atoms with Crippen LogP contribution in [0.15, 0.2) is 12.1 Å². The smallest absolute Gasteiger partial charge is 0.122 e. The van der Waals surface area contributed by atoms with Crippen molar-refractivity contribution in [2.24, 2.45) is 5.73 Å². The normalized spacial score (nSPS) is 11.8. The molecule has 1 unspecified atom stereocenters. The molecular formula is C13H21Cl2NO. The third kappa shape index (κ3) is 4.74. The lowest BCUT2D eigenvalue weighted by Gasteiger charge is -2.15. The molecule has 0 saturated heterocycles. The lowest BCUT2D eigenvalue weighted by atomic mass is 10.0. The van der Waals surface area contributed by atoms with E-state index in [0.717, 1.165) is 34.7 Å². The summed E-state index contributed by atoms with van der Waals surface area (Å²) >= 11 is 6.12. The molecule has 17 heavy (non-hydrogen) atoms. The first kappa shape index (κ1) is 16.6. The summed E-state index contributed by atoms with van der Waals surface area (Å²) < 4.78 is 5.60. The van der Waals surface area contributed by atoms with Gasteiger partial charge in [-0.3, -0.25) is 0 Å². The van der Waals surface area contributed by atoms with E-state index in [1.807, 2.05) is 26.0 Å². The molecule has 0 heterocycles. The molecule has 0 aromatic heterocycles. The molecule has 0 aliphatic heterocycles. The monoisotopic (exact) mass is 277 g/mol. The minimum Gasteiger partial charge on any atom is -0.494 e. The molecule has 0 aliphatic rings. The minimum atomic E-state index is 0. The summed E-state index contributed by atoms with van der Waals surface area (Å²) in [6, 6.07) is 4.12. The average Bonchev–Trinajstić information content (AvgIpc) is 2.25. The second kappa shape index (κ2) is 7.80. The molecule has 0 saturated carbocycles. The maximum Gasteiger partial charge on any atom is 0.122 e. The zero-order valence-electron chi connectivity index (χ0n) is 10.6. The van der Waals surface area contributed by atoms with Crippen LogP contribution in [0.2, 0.25) is 5.02 Å². The van der Waals surface area contributed by atoms with Crippen LogP contribution in [0.1, 0.15) is 31.4 Å². The van der Waals surface area contributed by atoms with Gasteiger partial charge in [0, 0.05) is 11.1 Å². The molecular weight excluding hydrogens is 257 g/mol. The summed E-state index contributed by atoms with van der Waals surface area (Å²) in [5.41, 5.74) is 8.10. The Morgan fingerprint density at radius 1 is 1.35 bits per heavy atom. The molecule has 1 atom stereocenters. The van der Waals surface area contributed by atoms with E-state index in [0.29, 0.717) is 6.61 Å². The molecule has 0 radical (unpaired) electrons. The van der Waals surface area contributed by atoms with E-state index in [1.165, 1.54) is 0 Å². The van der Waals surface area contributed by atoms with Gasteiger partial charge >= 0.3 is 0 Å². The quantitative estimate of drug-likeness (QED) is 0.890. The summed E-state index contributed by atoms with van der Waals surface area (Å²) in [4.78, 5) is 0. The van der Waals surface area contributed by atoms with Gasteiger partial charge in [-0.25, -0.2) is 0 Å². The van der Waals surface area contributed by atoms with Crippen molar-refractivity contribution in [2.45, 2.75) is 39.7 Å². The average molecular weight is 278 g/mol. The van der Waals surface area contributed by atoms with E-state index in [4.69, 9.17) is 22.1 Å². The van der Waals surface area contributed by atoms with Gasteiger partial charge in [0.05, 0.1) is 6.61 Å². The van der Waals surface area contributed by atoms with Crippen LogP contribution in [0.5, 0.6) is 5.75 Å². The first-order chi connectivity index (χ1) is 7.58. The van der Waals surface area contributed by atoms with Crippen molar-refractivity contribution in [3.63, 3.8) is 0 Å². The number of hydrogen-bond donors (Lipinski definition) is 1. The molecule has 0 bridgehead atoms. The number of halogens is 2. The van der Waals surface area contributed by atoms with Crippen LogP contribution >= 0.6 is 24.0 Å². The summed E-state index contributed by atoms with van der Waals surface area (Å²) in [6.45, 7) is 6.71. The summed E-state index contributed by atoms with van der Waals surface area (Å²) in [6.07, 6.45) is 1.77. The van der Waals surface area contributed by atoms with E-state index >= 15 is 0 Å². The van der Waals surface area contributed by atoms with Crippen molar-refractivity contribution in [3.05, 3.63) is 28.3 Å². The Balaban J connectivity index is 0.00000256. The van der Waals surface area contributed by atoms with Gasteiger partial charge < -0.3 is 10.5 Å². The third-order valence-corrected chi connectivity index (χ3v) is 3.06. The number of nitrogens with two attached hydrogens (primary N) is 1. The molecule has 0 spiro atoms. The first-order valence-corrected chi connectivity index (χ1v) is 6.13. The molecule has 1 aromatic carbocycles. The number of rotatable bonds is 5. The number of ether oxygens (including phenoxy) is 1. The largest absolute Gasteiger partial charge is 0.494 e. The minimum absolute atomic E-state index is 0. The second-order valence-corrected chi connectivity index (χ2v) is 4.42. The molecule has 1 rings (SSSR count). The van der Waals surface area contributed by atoms with Crippen molar-refractivity contribution >= 4 is 24.0 Å². The van der Waals surface area contributed by atoms with E-state index < -0.39 is 0 Å². The molecule has 1 aromatic rings. The van der Waals surface area contributed by atoms with Crippen LogP contribution in [0.25, 0.3) is 0 Å². The highest BCUT2D eigenvalue weighted by Gasteiger charge is 2.10. The van der Waals surface area contributed by atoms with Gasteiger partial charge in [0.15, 0.2) is 0 Å². The lowest BCUT2D eigenvalue weighted by molar-refractivity contribution is 0.335. The number of benzene rings is 1. The standard InChI is InChI=1S/C13H20ClNO.ClH/c1-4-11(15)7-10-8-12(14)9(3)6-13(10)16-5-2;/h6,8,11H,4-5,7,15H2,1-3H3;1H. The lowest BCUT2D eigenvalue weighted by Crippen LogP contribution is -2.21. The van der Waals surface area contributed by atoms with Gasteiger partial charge in [0.1, 0.15) is 5.75 Å². The molecule has 2 N–H and O–H groups in total. The van der Waals surface area contributed by atoms with Gasteiger partial charge in [0.25, 0.3) is 0 Å². The predicted molar refractivity (Wildman–Crippen MR) is 76.6 cm³/mol. The predicted octanol–water partition coefficient (Wildman–Crippen LogP) is 3.75. The fraction of sp³-hybridized carbons (Fsp3) is 0.538. The Bertz CT molecular complexity index is 356. The molecule has 0 amide bonds. The zero-order valence-corrected chi connectivity index (χ0v) is 12.2. The highest BCUT2D eigenvalue weighted by atomic mass is 35.5. The highest BCUT2D eigenvalue weighted by Crippen LogP contribution is 2.27. The maximum atomic E-state index is 6.12. The fourth-order valence-electron chi connectivity index (χ4n) is 1.57. The maximum absolute atomic E-state index is 6.12. The number of aryl methyl sites for hydroxylation is 1. The van der Waals surface area contributed by atoms with Crippen LogP contribution in [0, 0.1) is 6.92 Å². The van der Waals surface area contributed by atoms with Crippen molar-refractivity contribution in [1.29, 1.82) is 0 Å². The van der Waals surface area contributed by atoms with Crippen molar-refractivity contribution < 1.29 is 4.74 Å². The van der Waals surface area contributed by atoms with Crippen molar-refractivity contribution in [3.8, 4) is 5.75 Å². The summed E-state index contributed by atoms with van der Waals surface area (Å²) in [5.74, 6) is 0.910. The Morgan fingerprint density at radius 2 is 2.00 bits per heavy atom. The highest BCUT2D eigenvalue weighted by molar-refractivity contribution is 6.31. The van der Waals surface area contributed by atoms with Crippen LogP contribution in [-0.2, 0) is 6.42 Å². The Morgan fingerprint density at radius 3 is 2.53 bits per heavy atom. The molecule has 98 valence electrons. The van der Waals surface area contributed by atoms with Crippen LogP contribution in [-0.4, -0.2) is 12.6 Å². The zero-order chi connectivity index (χ0) is 12.1. The van der Waals surface area contributed by atoms with E-state index in [-0.39, 0.29) is 18.4 Å².